The van der Waals surface area contributed by atoms with Crippen molar-refractivity contribution in [1.29, 1.82) is 0 Å². The second-order valence-corrected chi connectivity index (χ2v) is 17.0. The van der Waals surface area contributed by atoms with E-state index in [1.807, 2.05) is 6.58 Å². The first kappa shape index (κ1) is 15.9. The van der Waals surface area contributed by atoms with E-state index in [0.717, 1.165) is 6.42 Å². The Bertz CT molecular complexity index is 919. The molecule has 0 spiro atoms. The topological polar surface area (TPSA) is 0 Å². The Morgan fingerprint density at radius 2 is 1.64 bits per heavy atom. The summed E-state index contributed by atoms with van der Waals surface area (Å²) >= 11 is -2.11. The summed E-state index contributed by atoms with van der Waals surface area (Å²) in [6.45, 7) is 0. The molecular formula is C24H24Hf. The molecule has 0 amide bonds. The Labute approximate surface area is 158 Å². The molecule has 3 aliphatic rings. The van der Waals surface area contributed by atoms with E-state index >= 15 is 0 Å². The molecule has 3 aliphatic carbocycles. The van der Waals surface area contributed by atoms with Gasteiger partial charge in [-0.3, -0.25) is 0 Å². The first-order chi connectivity index (χ1) is 12.4. The van der Waals surface area contributed by atoms with Gasteiger partial charge >= 0.3 is 159 Å². The molecule has 25 heavy (non-hydrogen) atoms. The maximum atomic E-state index is 2.51. The Hall–Kier alpha value is -1.34. The van der Waals surface area contributed by atoms with Gasteiger partial charge in [0.1, 0.15) is 0 Å². The molecule has 0 heterocycles. The van der Waals surface area contributed by atoms with Gasteiger partial charge in [0.25, 0.3) is 0 Å². The van der Waals surface area contributed by atoms with Crippen LogP contribution in [0.4, 0.5) is 0 Å². The van der Waals surface area contributed by atoms with Crippen LogP contribution in [0, 0.1) is 0 Å². The van der Waals surface area contributed by atoms with Crippen molar-refractivity contribution in [3.8, 4) is 11.1 Å². The van der Waals surface area contributed by atoms with Crippen molar-refractivity contribution >= 4 is 6.58 Å². The molecule has 124 valence electrons. The van der Waals surface area contributed by atoms with Crippen LogP contribution in [0.25, 0.3) is 11.1 Å². The van der Waals surface area contributed by atoms with Crippen LogP contribution >= 0.6 is 0 Å². The van der Waals surface area contributed by atoms with Gasteiger partial charge in [-0.25, -0.2) is 0 Å². The average Bonchev–Trinajstić information content (AvgIpc) is 3.31. The monoisotopic (exact) mass is 492 g/mol. The molecule has 5 rings (SSSR count). The third-order valence-electron chi connectivity index (χ3n) is 6.02. The normalized spacial score (nSPS) is 18.1. The summed E-state index contributed by atoms with van der Waals surface area (Å²) in [6.07, 6.45) is 16.7. The van der Waals surface area contributed by atoms with E-state index < -0.39 is 21.0 Å². The first-order valence-corrected chi connectivity index (χ1v) is 15.1. The quantitative estimate of drug-likeness (QED) is 0.417. The fraction of sp³-hybridized carbons (Fsp3) is 0.292. The zero-order chi connectivity index (χ0) is 16.6. The summed E-state index contributed by atoms with van der Waals surface area (Å²) in [7, 11) is 0. The van der Waals surface area contributed by atoms with Crippen LogP contribution in [-0.4, -0.2) is 3.26 Å². The molecule has 1 heteroatoms. The minimum absolute atomic E-state index is 1.16. The molecule has 2 aromatic rings. The molecule has 0 aromatic heterocycles. The second kappa shape index (κ2) is 6.76. The van der Waals surface area contributed by atoms with Crippen LogP contribution in [-0.2, 0) is 27.4 Å². The average molecular weight is 491 g/mol. The van der Waals surface area contributed by atoms with Crippen LogP contribution in [0.3, 0.4) is 0 Å². The van der Waals surface area contributed by atoms with E-state index in [-0.39, 0.29) is 0 Å². The predicted molar refractivity (Wildman–Crippen MR) is 104 cm³/mol. The summed E-state index contributed by atoms with van der Waals surface area (Å²) in [4.78, 5) is 0. The molecular weight excluding hydrogens is 467 g/mol. The molecule has 1 saturated carbocycles. The number of fused-ring (bicyclic) bond motifs is 3. The van der Waals surface area contributed by atoms with Crippen molar-refractivity contribution in [2.45, 2.75) is 44.9 Å². The summed E-state index contributed by atoms with van der Waals surface area (Å²) in [5.74, 6) is 0. The molecule has 1 fully saturated rings. The van der Waals surface area contributed by atoms with Crippen molar-refractivity contribution < 1.29 is 21.0 Å². The predicted octanol–water partition coefficient (Wildman–Crippen LogP) is 5.48. The Morgan fingerprint density at radius 1 is 0.800 bits per heavy atom. The molecule has 2 aromatic carbocycles. The third kappa shape index (κ3) is 2.81. The van der Waals surface area contributed by atoms with Crippen molar-refractivity contribution in [3.63, 3.8) is 0 Å². The Morgan fingerprint density at radius 3 is 2.48 bits per heavy atom. The Kier molecular flexibility index (Phi) is 4.29. The Balaban J connectivity index is 1.69. The van der Waals surface area contributed by atoms with E-state index in [0.29, 0.717) is 0 Å². The minimum atomic E-state index is -2.11. The van der Waals surface area contributed by atoms with E-state index in [4.69, 9.17) is 0 Å². The molecule has 0 radical (unpaired) electrons. The molecule has 0 nitrogen and oxygen atoms in total. The van der Waals surface area contributed by atoms with E-state index in [1.165, 1.54) is 55.2 Å². The molecule has 0 aliphatic heterocycles. The van der Waals surface area contributed by atoms with Gasteiger partial charge in [-0.1, -0.05) is 0 Å². The summed E-state index contributed by atoms with van der Waals surface area (Å²) in [5.41, 5.74) is 6.22. The fourth-order valence-corrected chi connectivity index (χ4v) is 17.1. The van der Waals surface area contributed by atoms with E-state index in [2.05, 4.69) is 60.7 Å². The van der Waals surface area contributed by atoms with Gasteiger partial charge in [0, 0.05) is 0 Å². The third-order valence-corrected chi connectivity index (χ3v) is 17.6. The first-order valence-electron chi connectivity index (χ1n) is 9.70. The van der Waals surface area contributed by atoms with Gasteiger partial charge in [-0.05, 0) is 0 Å². The molecule has 0 saturated heterocycles. The van der Waals surface area contributed by atoms with Crippen molar-refractivity contribution in [1.82, 2.24) is 0 Å². The van der Waals surface area contributed by atoms with Crippen LogP contribution < -0.4 is 3.32 Å². The van der Waals surface area contributed by atoms with Gasteiger partial charge in [0.15, 0.2) is 0 Å². The van der Waals surface area contributed by atoms with Gasteiger partial charge in [-0.15, -0.1) is 0 Å². The fourth-order valence-electron chi connectivity index (χ4n) is 4.84. The number of hydrogen-bond acceptors (Lipinski definition) is 0. The summed E-state index contributed by atoms with van der Waals surface area (Å²) in [5, 5.41) is 0. The zero-order valence-electron chi connectivity index (χ0n) is 14.7. The van der Waals surface area contributed by atoms with Crippen molar-refractivity contribution in [2.75, 3.05) is 0 Å². The van der Waals surface area contributed by atoms with Gasteiger partial charge < -0.3 is 0 Å². The van der Waals surface area contributed by atoms with Crippen molar-refractivity contribution in [3.05, 3.63) is 75.1 Å². The molecule has 0 N–H and O–H groups in total. The molecule has 0 unspecified atom stereocenters. The number of allylic oxidation sites excluding steroid dienone is 4. The number of hydrogen-bond donors (Lipinski definition) is 0. The second-order valence-electron chi connectivity index (χ2n) is 7.53. The van der Waals surface area contributed by atoms with Gasteiger partial charge in [0.05, 0.1) is 0 Å². The van der Waals surface area contributed by atoms with Crippen LogP contribution in [0.1, 0.15) is 49.7 Å². The van der Waals surface area contributed by atoms with Gasteiger partial charge in [0.2, 0.25) is 0 Å². The van der Waals surface area contributed by atoms with E-state index in [1.54, 1.807) is 8.88 Å². The standard InChI is InChI=1S/C13H9.C6H10.C5H5.Hf/c1-3-7-12-10(5-1)9-11-6-2-4-8-13(11)12;1-2-4-6-5-3-1;1-2-4-5-3-1;/h1-5,7-8H,9H2;1-5H2;1-3H,4H2;. The van der Waals surface area contributed by atoms with Crippen LogP contribution in [0.15, 0.2) is 64.0 Å². The number of benzene rings is 2. The summed E-state index contributed by atoms with van der Waals surface area (Å²) < 4.78 is 5.62. The molecule has 0 bridgehead atoms. The molecule has 0 atom stereocenters. The van der Waals surface area contributed by atoms with Crippen LogP contribution in [0.5, 0.6) is 0 Å². The van der Waals surface area contributed by atoms with Crippen molar-refractivity contribution in [2.24, 2.45) is 0 Å². The SMILES string of the molecule is C1=CC[C]([Hf](=[C]2CCCCC2)[c]2cccc3c2Cc2ccccc2-3)=C1. The summed E-state index contributed by atoms with van der Waals surface area (Å²) in [6, 6.07) is 16.3. The van der Waals surface area contributed by atoms with Gasteiger partial charge in [-0.2, -0.15) is 0 Å². The van der Waals surface area contributed by atoms with E-state index in [9.17, 15) is 0 Å². The maximum absolute atomic E-state index is 2.51. The number of rotatable bonds is 2. The zero-order valence-corrected chi connectivity index (χ0v) is 18.3. The van der Waals surface area contributed by atoms with Crippen LogP contribution in [0.2, 0.25) is 0 Å².